The first-order chi connectivity index (χ1) is 9.83. The molecule has 0 saturated carbocycles. The summed E-state index contributed by atoms with van der Waals surface area (Å²) in [5, 5.41) is 0. The summed E-state index contributed by atoms with van der Waals surface area (Å²) in [7, 11) is -3.90. The summed E-state index contributed by atoms with van der Waals surface area (Å²) in [5.74, 6) is -1.59. The van der Waals surface area contributed by atoms with Gasteiger partial charge in [0.1, 0.15) is 11.6 Å². The van der Waals surface area contributed by atoms with E-state index >= 15 is 0 Å². The highest BCUT2D eigenvalue weighted by Gasteiger charge is 2.24. The van der Waals surface area contributed by atoms with E-state index in [-0.39, 0.29) is 10.5 Å². The molecule has 7 heteroatoms. The number of hydrogen-bond acceptors (Lipinski definition) is 2. The van der Waals surface area contributed by atoms with Gasteiger partial charge < -0.3 is 0 Å². The Bertz CT molecular complexity index is 745. The molecular formula is C14H12BrF2NO2S. The first-order valence-corrected chi connectivity index (χ1v) is 8.31. The van der Waals surface area contributed by atoms with Crippen molar-refractivity contribution in [1.82, 2.24) is 4.72 Å². The quantitative estimate of drug-likeness (QED) is 0.883. The van der Waals surface area contributed by atoms with Crippen LogP contribution in [0.1, 0.15) is 18.5 Å². The zero-order valence-electron chi connectivity index (χ0n) is 11.0. The lowest BCUT2D eigenvalue weighted by Crippen LogP contribution is -2.28. The van der Waals surface area contributed by atoms with Crippen LogP contribution in [0.4, 0.5) is 8.78 Å². The van der Waals surface area contributed by atoms with Crippen LogP contribution in [0.2, 0.25) is 0 Å². The van der Waals surface area contributed by atoms with E-state index in [1.165, 1.54) is 19.1 Å². The zero-order valence-corrected chi connectivity index (χ0v) is 13.4. The van der Waals surface area contributed by atoms with Gasteiger partial charge in [-0.2, -0.15) is 0 Å². The molecule has 2 aromatic rings. The maximum absolute atomic E-state index is 13.7. The van der Waals surface area contributed by atoms with Crippen LogP contribution in [0, 0.1) is 11.6 Å². The van der Waals surface area contributed by atoms with Crippen LogP contribution in [0.5, 0.6) is 0 Å². The molecule has 0 amide bonds. The van der Waals surface area contributed by atoms with Gasteiger partial charge in [-0.1, -0.05) is 18.2 Å². The number of halogens is 3. The SMILES string of the molecule is CC(NS(=O)(=O)c1ccccc1Br)c1c(F)cccc1F. The molecule has 1 unspecified atom stereocenters. The first kappa shape index (κ1) is 16.1. The van der Waals surface area contributed by atoms with Crippen LogP contribution in [0.25, 0.3) is 0 Å². The number of rotatable bonds is 4. The lowest BCUT2D eigenvalue weighted by Gasteiger charge is -2.16. The van der Waals surface area contributed by atoms with Gasteiger partial charge in [0.15, 0.2) is 0 Å². The van der Waals surface area contributed by atoms with Gasteiger partial charge in [0.2, 0.25) is 10.0 Å². The Labute approximate surface area is 130 Å². The predicted octanol–water partition coefficient (Wildman–Crippen LogP) is 3.77. The minimum atomic E-state index is -3.90. The molecule has 0 saturated heterocycles. The maximum Gasteiger partial charge on any atom is 0.242 e. The van der Waals surface area contributed by atoms with Gasteiger partial charge in [-0.25, -0.2) is 21.9 Å². The predicted molar refractivity (Wildman–Crippen MR) is 79.2 cm³/mol. The van der Waals surface area contributed by atoms with Crippen LogP contribution in [-0.2, 0) is 10.0 Å². The standard InChI is InChI=1S/C14H12BrF2NO2S/c1-9(14-11(16)6-4-7-12(14)17)18-21(19,20)13-8-3-2-5-10(13)15/h2-9,18H,1H3. The lowest BCUT2D eigenvalue weighted by atomic mass is 10.1. The molecule has 2 aromatic carbocycles. The maximum atomic E-state index is 13.7. The second kappa shape index (κ2) is 6.21. The summed E-state index contributed by atoms with van der Waals surface area (Å²) in [6.45, 7) is 1.38. The number of benzene rings is 2. The summed E-state index contributed by atoms with van der Waals surface area (Å²) in [6.07, 6.45) is 0. The largest absolute Gasteiger partial charge is 0.242 e. The minimum Gasteiger partial charge on any atom is -0.207 e. The Balaban J connectivity index is 2.35. The van der Waals surface area contributed by atoms with Gasteiger partial charge in [0.25, 0.3) is 0 Å². The highest BCUT2D eigenvalue weighted by atomic mass is 79.9. The molecule has 0 heterocycles. The Kier molecular flexibility index (Phi) is 4.75. The van der Waals surface area contributed by atoms with Gasteiger partial charge in [0.05, 0.1) is 4.90 Å². The Morgan fingerprint density at radius 1 is 1.05 bits per heavy atom. The highest BCUT2D eigenvalue weighted by molar-refractivity contribution is 9.10. The molecule has 21 heavy (non-hydrogen) atoms. The summed E-state index contributed by atoms with van der Waals surface area (Å²) in [4.78, 5) is 0.00796. The van der Waals surface area contributed by atoms with E-state index in [4.69, 9.17) is 0 Å². The molecule has 3 nitrogen and oxygen atoms in total. The average molecular weight is 376 g/mol. The molecule has 1 atom stereocenters. The fourth-order valence-corrected chi connectivity index (χ4v) is 4.16. The second-order valence-corrected chi connectivity index (χ2v) is 6.95. The van der Waals surface area contributed by atoms with Crippen molar-refractivity contribution >= 4 is 26.0 Å². The van der Waals surface area contributed by atoms with Gasteiger partial charge >= 0.3 is 0 Å². The van der Waals surface area contributed by atoms with Crippen molar-refractivity contribution in [3.63, 3.8) is 0 Å². The van der Waals surface area contributed by atoms with Crippen molar-refractivity contribution in [3.05, 3.63) is 64.1 Å². The van der Waals surface area contributed by atoms with Gasteiger partial charge in [0, 0.05) is 16.1 Å². The van der Waals surface area contributed by atoms with Gasteiger partial charge in [-0.15, -0.1) is 0 Å². The molecule has 0 aromatic heterocycles. The van der Waals surface area contributed by atoms with E-state index in [0.29, 0.717) is 4.47 Å². The van der Waals surface area contributed by atoms with Crippen LogP contribution in [0.15, 0.2) is 51.8 Å². The van der Waals surface area contributed by atoms with Gasteiger partial charge in [-0.3, -0.25) is 0 Å². The molecule has 0 aliphatic heterocycles. The normalized spacial score (nSPS) is 13.1. The van der Waals surface area contributed by atoms with E-state index < -0.39 is 27.7 Å². The van der Waals surface area contributed by atoms with E-state index in [2.05, 4.69) is 20.7 Å². The molecule has 2 rings (SSSR count). The molecule has 0 fully saturated rings. The monoisotopic (exact) mass is 375 g/mol. The molecule has 1 N–H and O–H groups in total. The number of nitrogens with one attached hydrogen (secondary N) is 1. The van der Waals surface area contributed by atoms with Crippen LogP contribution in [-0.4, -0.2) is 8.42 Å². The topological polar surface area (TPSA) is 46.2 Å². The molecule has 0 aliphatic rings. The van der Waals surface area contributed by atoms with Crippen LogP contribution >= 0.6 is 15.9 Å². The first-order valence-electron chi connectivity index (χ1n) is 6.03. The van der Waals surface area contributed by atoms with Crippen molar-refractivity contribution in [2.45, 2.75) is 17.9 Å². The van der Waals surface area contributed by atoms with Crippen LogP contribution in [0.3, 0.4) is 0 Å². The van der Waals surface area contributed by atoms with Gasteiger partial charge in [-0.05, 0) is 47.1 Å². The molecule has 0 radical (unpaired) electrons. The van der Waals surface area contributed by atoms with Crippen molar-refractivity contribution in [1.29, 1.82) is 0 Å². The molecule has 0 bridgehead atoms. The smallest absolute Gasteiger partial charge is 0.207 e. The second-order valence-electron chi connectivity index (χ2n) is 4.41. The summed E-state index contributed by atoms with van der Waals surface area (Å²) in [6, 6.07) is 8.56. The summed E-state index contributed by atoms with van der Waals surface area (Å²) < 4.78 is 54.5. The number of hydrogen-bond donors (Lipinski definition) is 1. The third kappa shape index (κ3) is 3.48. The highest BCUT2D eigenvalue weighted by Crippen LogP contribution is 2.25. The van der Waals surface area contributed by atoms with Crippen molar-refractivity contribution < 1.29 is 17.2 Å². The fourth-order valence-electron chi connectivity index (χ4n) is 1.94. The van der Waals surface area contributed by atoms with E-state index in [1.54, 1.807) is 18.2 Å². The van der Waals surface area contributed by atoms with Crippen LogP contribution < -0.4 is 4.72 Å². The molecule has 0 spiro atoms. The average Bonchev–Trinajstić information content (AvgIpc) is 2.38. The third-order valence-electron chi connectivity index (χ3n) is 2.89. The minimum absolute atomic E-state index is 0.00796. The van der Waals surface area contributed by atoms with Crippen molar-refractivity contribution in [3.8, 4) is 0 Å². The van der Waals surface area contributed by atoms with Crippen molar-refractivity contribution in [2.75, 3.05) is 0 Å². The summed E-state index contributed by atoms with van der Waals surface area (Å²) in [5.41, 5.74) is -0.312. The van der Waals surface area contributed by atoms with E-state index in [1.807, 2.05) is 0 Å². The Morgan fingerprint density at radius 3 is 2.19 bits per heavy atom. The Hall–Kier alpha value is -1.31. The lowest BCUT2D eigenvalue weighted by molar-refractivity contribution is 0.514. The number of sulfonamides is 1. The van der Waals surface area contributed by atoms with Crippen molar-refractivity contribution in [2.24, 2.45) is 0 Å². The Morgan fingerprint density at radius 2 is 1.62 bits per heavy atom. The molecular weight excluding hydrogens is 364 g/mol. The third-order valence-corrected chi connectivity index (χ3v) is 5.44. The van der Waals surface area contributed by atoms with E-state index in [0.717, 1.165) is 12.1 Å². The molecule has 112 valence electrons. The van der Waals surface area contributed by atoms with E-state index in [9.17, 15) is 17.2 Å². The fraction of sp³-hybridized carbons (Fsp3) is 0.143. The molecule has 0 aliphatic carbocycles. The summed E-state index contributed by atoms with van der Waals surface area (Å²) >= 11 is 3.14. The zero-order chi connectivity index (χ0) is 15.6.